The Morgan fingerprint density at radius 2 is 1.88 bits per heavy atom. The van der Waals surface area contributed by atoms with Gasteiger partial charge in [0.15, 0.2) is 0 Å². The summed E-state index contributed by atoms with van der Waals surface area (Å²) < 4.78 is 13.2. The minimum Gasteiger partial charge on any atom is -0.486 e. The van der Waals surface area contributed by atoms with E-state index in [0.717, 1.165) is 24.3 Å². The molecule has 1 saturated heterocycles. The average molecular weight is 342 g/mol. The number of nitrogens with zero attached hydrogens (tertiary/aromatic N) is 2. The summed E-state index contributed by atoms with van der Waals surface area (Å²) in [5, 5.41) is 0. The van der Waals surface area contributed by atoms with Gasteiger partial charge in [-0.05, 0) is 45.7 Å². The van der Waals surface area contributed by atoms with Gasteiger partial charge in [0.2, 0.25) is 0 Å². The van der Waals surface area contributed by atoms with Crippen molar-refractivity contribution in [3.8, 4) is 5.75 Å². The monoisotopic (exact) mass is 342 g/mol. The Labute approximate surface area is 146 Å². The average Bonchev–Trinajstić information content (AvgIpc) is 3.25. The van der Waals surface area contributed by atoms with Crippen LogP contribution in [0, 0.1) is 20.8 Å². The molecule has 1 aliphatic carbocycles. The van der Waals surface area contributed by atoms with E-state index in [1.165, 1.54) is 0 Å². The van der Waals surface area contributed by atoms with Gasteiger partial charge in [0.05, 0.1) is 18.7 Å². The van der Waals surface area contributed by atoms with Gasteiger partial charge in [-0.3, -0.25) is 9.59 Å². The largest absolute Gasteiger partial charge is 0.486 e. The van der Waals surface area contributed by atoms with Crippen molar-refractivity contribution in [1.82, 2.24) is 9.47 Å². The highest BCUT2D eigenvalue weighted by Crippen LogP contribution is 2.35. The minimum atomic E-state index is -0.0761. The van der Waals surface area contributed by atoms with E-state index in [0.29, 0.717) is 36.2 Å². The standard InChI is InChI=1S/C19H22N2O4/c1-11-6-15(8-18(22)21(11)14-4-5-14)25-16-9-20(10-16)19(23)17-7-12(2)24-13(17)3/h6-8,14,16H,4-5,9-10H2,1-3H3. The molecule has 0 radical (unpaired) electrons. The summed E-state index contributed by atoms with van der Waals surface area (Å²) in [6.45, 7) is 6.61. The number of hydrogen-bond acceptors (Lipinski definition) is 4. The Kier molecular flexibility index (Phi) is 3.71. The van der Waals surface area contributed by atoms with Crippen LogP contribution in [0.1, 0.15) is 46.5 Å². The predicted molar refractivity (Wildman–Crippen MR) is 92.2 cm³/mol. The number of pyridine rings is 1. The number of aromatic nitrogens is 1. The molecule has 1 aliphatic heterocycles. The van der Waals surface area contributed by atoms with Gasteiger partial charge in [-0.15, -0.1) is 0 Å². The lowest BCUT2D eigenvalue weighted by Crippen LogP contribution is -2.56. The second-order valence-corrected chi connectivity index (χ2v) is 7.05. The second-order valence-electron chi connectivity index (χ2n) is 7.05. The maximum atomic E-state index is 12.5. The van der Waals surface area contributed by atoms with Gasteiger partial charge >= 0.3 is 0 Å². The first-order chi connectivity index (χ1) is 11.9. The van der Waals surface area contributed by atoms with Crippen LogP contribution in [0.15, 0.2) is 27.4 Å². The quantitative estimate of drug-likeness (QED) is 0.857. The van der Waals surface area contributed by atoms with E-state index >= 15 is 0 Å². The molecular formula is C19H22N2O4. The van der Waals surface area contributed by atoms with Crippen LogP contribution in [-0.4, -0.2) is 34.6 Å². The van der Waals surface area contributed by atoms with E-state index < -0.39 is 0 Å². The van der Waals surface area contributed by atoms with Crippen molar-refractivity contribution >= 4 is 5.91 Å². The molecule has 3 heterocycles. The van der Waals surface area contributed by atoms with Crippen LogP contribution in [0.4, 0.5) is 0 Å². The van der Waals surface area contributed by atoms with Gasteiger partial charge in [0.25, 0.3) is 11.5 Å². The van der Waals surface area contributed by atoms with Gasteiger partial charge in [0.1, 0.15) is 23.4 Å². The number of rotatable bonds is 4. The van der Waals surface area contributed by atoms with Crippen molar-refractivity contribution in [2.24, 2.45) is 0 Å². The van der Waals surface area contributed by atoms with Crippen LogP contribution in [0.25, 0.3) is 0 Å². The van der Waals surface area contributed by atoms with Crippen LogP contribution >= 0.6 is 0 Å². The summed E-state index contributed by atoms with van der Waals surface area (Å²) in [7, 11) is 0. The summed E-state index contributed by atoms with van der Waals surface area (Å²) in [5.74, 6) is 1.94. The van der Waals surface area contributed by atoms with Crippen LogP contribution in [-0.2, 0) is 0 Å². The first-order valence-electron chi connectivity index (χ1n) is 8.68. The maximum absolute atomic E-state index is 12.5. The molecule has 2 fully saturated rings. The number of ether oxygens (including phenoxy) is 1. The molecule has 0 N–H and O–H groups in total. The number of amides is 1. The van der Waals surface area contributed by atoms with Gasteiger partial charge in [0, 0.05) is 17.8 Å². The molecule has 25 heavy (non-hydrogen) atoms. The lowest BCUT2D eigenvalue weighted by molar-refractivity contribution is 0.0175. The topological polar surface area (TPSA) is 64.7 Å². The molecule has 6 heteroatoms. The Morgan fingerprint density at radius 3 is 2.44 bits per heavy atom. The zero-order valence-corrected chi connectivity index (χ0v) is 14.7. The fourth-order valence-electron chi connectivity index (χ4n) is 3.44. The van der Waals surface area contributed by atoms with Gasteiger partial charge in [-0.25, -0.2) is 0 Å². The van der Waals surface area contributed by atoms with Crippen LogP contribution in [0.3, 0.4) is 0 Å². The smallest absolute Gasteiger partial charge is 0.257 e. The highest BCUT2D eigenvalue weighted by atomic mass is 16.5. The van der Waals surface area contributed by atoms with Crippen molar-refractivity contribution in [3.05, 3.63) is 51.3 Å². The number of furan rings is 1. The molecule has 0 spiro atoms. The number of aryl methyl sites for hydroxylation is 3. The Balaban J connectivity index is 1.39. The molecule has 2 aliphatic rings. The van der Waals surface area contributed by atoms with Gasteiger partial charge < -0.3 is 18.6 Å². The van der Waals surface area contributed by atoms with E-state index in [2.05, 4.69) is 0 Å². The fraction of sp³-hybridized carbons (Fsp3) is 0.474. The number of carbonyl (C=O) groups is 1. The van der Waals surface area contributed by atoms with Crippen LogP contribution < -0.4 is 10.3 Å². The highest BCUT2D eigenvalue weighted by Gasteiger charge is 2.34. The van der Waals surface area contributed by atoms with Gasteiger partial charge in [-0.2, -0.15) is 0 Å². The van der Waals surface area contributed by atoms with Crippen molar-refractivity contribution in [2.75, 3.05) is 13.1 Å². The lowest BCUT2D eigenvalue weighted by Gasteiger charge is -2.38. The fourth-order valence-corrected chi connectivity index (χ4v) is 3.44. The molecule has 132 valence electrons. The molecule has 1 saturated carbocycles. The molecule has 6 nitrogen and oxygen atoms in total. The maximum Gasteiger partial charge on any atom is 0.257 e. The number of hydrogen-bond donors (Lipinski definition) is 0. The highest BCUT2D eigenvalue weighted by molar-refractivity contribution is 5.95. The zero-order valence-electron chi connectivity index (χ0n) is 14.7. The van der Waals surface area contributed by atoms with E-state index in [9.17, 15) is 9.59 Å². The lowest BCUT2D eigenvalue weighted by atomic mass is 10.1. The van der Waals surface area contributed by atoms with E-state index in [4.69, 9.17) is 9.15 Å². The van der Waals surface area contributed by atoms with Crippen LogP contribution in [0.5, 0.6) is 5.75 Å². The predicted octanol–water partition coefficient (Wildman–Crippen LogP) is 2.60. The zero-order chi connectivity index (χ0) is 17.7. The molecular weight excluding hydrogens is 320 g/mol. The van der Waals surface area contributed by atoms with Gasteiger partial charge in [-0.1, -0.05) is 0 Å². The molecule has 0 bridgehead atoms. The van der Waals surface area contributed by atoms with Crippen molar-refractivity contribution in [2.45, 2.75) is 45.8 Å². The first kappa shape index (κ1) is 16.0. The first-order valence-corrected chi connectivity index (χ1v) is 8.68. The second kappa shape index (κ2) is 5.79. The summed E-state index contributed by atoms with van der Waals surface area (Å²) in [6.07, 6.45) is 2.08. The molecule has 1 amide bonds. The Bertz CT molecular complexity index is 885. The summed E-state index contributed by atoms with van der Waals surface area (Å²) in [6, 6.07) is 5.60. The Hall–Kier alpha value is -2.50. The summed E-state index contributed by atoms with van der Waals surface area (Å²) in [5.41, 5.74) is 1.54. The van der Waals surface area contributed by atoms with E-state index in [1.54, 1.807) is 24.0 Å². The van der Waals surface area contributed by atoms with E-state index in [-0.39, 0.29) is 17.6 Å². The third kappa shape index (κ3) is 2.97. The third-order valence-electron chi connectivity index (χ3n) is 4.86. The third-order valence-corrected chi connectivity index (χ3v) is 4.86. The van der Waals surface area contributed by atoms with Crippen molar-refractivity contribution in [3.63, 3.8) is 0 Å². The SMILES string of the molecule is Cc1cc(C(=O)N2CC(Oc3cc(C)n(C4CC4)c(=O)c3)C2)c(C)o1. The minimum absolute atomic E-state index is 0.00532. The van der Waals surface area contributed by atoms with Crippen molar-refractivity contribution < 1.29 is 13.9 Å². The molecule has 0 aromatic carbocycles. The molecule has 2 aromatic heterocycles. The molecule has 2 aromatic rings. The molecule has 0 unspecified atom stereocenters. The van der Waals surface area contributed by atoms with Crippen molar-refractivity contribution in [1.29, 1.82) is 0 Å². The molecule has 0 atom stereocenters. The van der Waals surface area contributed by atoms with Crippen LogP contribution in [0.2, 0.25) is 0 Å². The number of likely N-dealkylation sites (tertiary alicyclic amines) is 1. The summed E-state index contributed by atoms with van der Waals surface area (Å²) >= 11 is 0. The normalized spacial score (nSPS) is 17.5. The Morgan fingerprint density at radius 1 is 1.16 bits per heavy atom. The summed E-state index contributed by atoms with van der Waals surface area (Å²) in [4.78, 5) is 26.4. The van der Waals surface area contributed by atoms with E-state index in [1.807, 2.05) is 24.5 Å². The number of carbonyl (C=O) groups excluding carboxylic acids is 1. The molecule has 4 rings (SSSR count).